The molecule has 20 heavy (non-hydrogen) atoms. The Labute approximate surface area is 131 Å². The predicted octanol–water partition coefficient (Wildman–Crippen LogP) is 3.67. The molecule has 0 rings (SSSR count). The molecule has 0 fully saturated rings. The van der Waals surface area contributed by atoms with Crippen molar-refractivity contribution in [1.82, 2.24) is 0 Å². The van der Waals surface area contributed by atoms with Crippen LogP contribution in [0.1, 0.15) is 53.4 Å². The Morgan fingerprint density at radius 3 is 1.90 bits per heavy atom. The van der Waals surface area contributed by atoms with E-state index < -0.39 is 11.6 Å². The van der Waals surface area contributed by atoms with Gasteiger partial charge in [-0.3, -0.25) is 9.59 Å². The molecular formula is C14H24Cl2O4. The fraction of sp³-hybridized carbons (Fsp3) is 0.857. The summed E-state index contributed by atoms with van der Waals surface area (Å²) < 4.78 is 10.3. The van der Waals surface area contributed by atoms with Crippen molar-refractivity contribution in [2.24, 2.45) is 0 Å². The summed E-state index contributed by atoms with van der Waals surface area (Å²) in [6.45, 7) is 7.17. The van der Waals surface area contributed by atoms with E-state index in [1.807, 2.05) is 13.8 Å². The van der Waals surface area contributed by atoms with Crippen LogP contribution in [0, 0.1) is 0 Å². The number of ether oxygens (including phenoxy) is 2. The van der Waals surface area contributed by atoms with Crippen molar-refractivity contribution in [1.29, 1.82) is 0 Å². The number of hydrogen-bond donors (Lipinski definition) is 0. The van der Waals surface area contributed by atoms with Crippen LogP contribution in [0.25, 0.3) is 0 Å². The lowest BCUT2D eigenvalue weighted by molar-refractivity contribution is -0.168. The lowest BCUT2D eigenvalue weighted by Crippen LogP contribution is -2.35. The van der Waals surface area contributed by atoms with E-state index in [-0.39, 0.29) is 36.2 Å². The summed E-state index contributed by atoms with van der Waals surface area (Å²) in [6.07, 6.45) is 1.69. The zero-order valence-corrected chi connectivity index (χ0v) is 14.1. The quantitative estimate of drug-likeness (QED) is 0.479. The summed E-state index contributed by atoms with van der Waals surface area (Å²) in [5, 5.41) is -0.461. The molecule has 0 bridgehead atoms. The number of carbonyl (C=O) groups is 2. The molecule has 0 saturated heterocycles. The first kappa shape index (κ1) is 19.5. The maximum atomic E-state index is 11.6. The Balaban J connectivity index is 4.12. The van der Waals surface area contributed by atoms with E-state index in [0.29, 0.717) is 12.8 Å². The molecule has 2 unspecified atom stereocenters. The van der Waals surface area contributed by atoms with Gasteiger partial charge in [0.25, 0.3) is 0 Å². The maximum absolute atomic E-state index is 11.6. The SMILES string of the molecule is CCC(Cl)CC(=O)OCC(C)(C)OC(=O)CC(Cl)CC. The van der Waals surface area contributed by atoms with Crippen molar-refractivity contribution >= 4 is 35.1 Å². The molecule has 0 N–H and O–H groups in total. The molecule has 6 heteroatoms. The number of carbonyl (C=O) groups excluding carboxylic acids is 2. The predicted molar refractivity (Wildman–Crippen MR) is 80.2 cm³/mol. The Bertz CT molecular complexity index is 318. The Kier molecular flexibility index (Phi) is 9.23. The van der Waals surface area contributed by atoms with Crippen LogP contribution >= 0.6 is 23.2 Å². The third kappa shape index (κ3) is 9.43. The minimum atomic E-state index is -0.870. The Hall–Kier alpha value is -0.480. The molecular weight excluding hydrogens is 303 g/mol. The monoisotopic (exact) mass is 326 g/mol. The second-order valence-electron chi connectivity index (χ2n) is 5.31. The van der Waals surface area contributed by atoms with Gasteiger partial charge >= 0.3 is 11.9 Å². The van der Waals surface area contributed by atoms with Crippen LogP contribution in [0.15, 0.2) is 0 Å². The summed E-state index contributed by atoms with van der Waals surface area (Å²) in [5.74, 6) is -0.781. The molecule has 0 aromatic carbocycles. The van der Waals surface area contributed by atoms with Gasteiger partial charge in [0.2, 0.25) is 0 Å². The molecule has 0 aliphatic rings. The van der Waals surface area contributed by atoms with Crippen LogP contribution in [0.5, 0.6) is 0 Å². The second kappa shape index (κ2) is 9.46. The van der Waals surface area contributed by atoms with Gasteiger partial charge in [0.05, 0.1) is 12.8 Å². The number of esters is 2. The van der Waals surface area contributed by atoms with Gasteiger partial charge in [-0.25, -0.2) is 0 Å². The van der Waals surface area contributed by atoms with Crippen LogP contribution < -0.4 is 0 Å². The molecule has 0 saturated carbocycles. The highest BCUT2D eigenvalue weighted by molar-refractivity contribution is 6.21. The number of alkyl halides is 2. The third-order valence-electron chi connectivity index (χ3n) is 2.63. The fourth-order valence-electron chi connectivity index (χ4n) is 1.34. The Morgan fingerprint density at radius 2 is 1.45 bits per heavy atom. The van der Waals surface area contributed by atoms with E-state index in [1.54, 1.807) is 13.8 Å². The van der Waals surface area contributed by atoms with Gasteiger partial charge in [-0.1, -0.05) is 13.8 Å². The van der Waals surface area contributed by atoms with Gasteiger partial charge < -0.3 is 9.47 Å². The average Bonchev–Trinajstić information content (AvgIpc) is 2.35. The molecule has 0 aromatic rings. The van der Waals surface area contributed by atoms with Gasteiger partial charge in [-0.15, -0.1) is 23.2 Å². The minimum absolute atomic E-state index is 0.00394. The maximum Gasteiger partial charge on any atom is 0.307 e. The molecule has 2 atom stereocenters. The molecule has 0 aliphatic carbocycles. The van der Waals surface area contributed by atoms with Crippen molar-refractivity contribution in [3.63, 3.8) is 0 Å². The summed E-state index contributed by atoms with van der Waals surface area (Å²) in [4.78, 5) is 23.1. The first-order valence-electron chi connectivity index (χ1n) is 6.85. The number of hydrogen-bond acceptors (Lipinski definition) is 4. The van der Waals surface area contributed by atoms with Crippen LogP contribution in [-0.2, 0) is 19.1 Å². The van der Waals surface area contributed by atoms with E-state index in [4.69, 9.17) is 32.7 Å². The highest BCUT2D eigenvalue weighted by atomic mass is 35.5. The normalized spacial score (nSPS) is 14.5. The summed E-state index contributed by atoms with van der Waals surface area (Å²) in [5.41, 5.74) is -0.870. The van der Waals surface area contributed by atoms with Crippen LogP contribution in [0.2, 0.25) is 0 Å². The molecule has 118 valence electrons. The van der Waals surface area contributed by atoms with Gasteiger partial charge in [0, 0.05) is 10.8 Å². The third-order valence-corrected chi connectivity index (χ3v) is 3.56. The fourth-order valence-corrected chi connectivity index (χ4v) is 1.59. The molecule has 0 heterocycles. The van der Waals surface area contributed by atoms with Gasteiger partial charge in [-0.2, -0.15) is 0 Å². The zero-order chi connectivity index (χ0) is 15.8. The smallest absolute Gasteiger partial charge is 0.307 e. The minimum Gasteiger partial charge on any atom is -0.461 e. The second-order valence-corrected chi connectivity index (χ2v) is 6.55. The molecule has 0 radical (unpaired) electrons. The van der Waals surface area contributed by atoms with Crippen molar-refractivity contribution in [2.75, 3.05) is 6.61 Å². The Morgan fingerprint density at radius 1 is 1.00 bits per heavy atom. The lowest BCUT2D eigenvalue weighted by Gasteiger charge is -2.25. The average molecular weight is 327 g/mol. The molecule has 0 aromatic heterocycles. The van der Waals surface area contributed by atoms with Crippen molar-refractivity contribution < 1.29 is 19.1 Å². The molecule has 0 spiro atoms. The van der Waals surface area contributed by atoms with Crippen LogP contribution in [0.4, 0.5) is 0 Å². The van der Waals surface area contributed by atoms with Crippen LogP contribution in [0.3, 0.4) is 0 Å². The highest BCUT2D eigenvalue weighted by Gasteiger charge is 2.26. The van der Waals surface area contributed by atoms with Crippen LogP contribution in [-0.4, -0.2) is 34.9 Å². The van der Waals surface area contributed by atoms with Crippen molar-refractivity contribution in [3.8, 4) is 0 Å². The van der Waals surface area contributed by atoms with Crippen molar-refractivity contribution in [3.05, 3.63) is 0 Å². The van der Waals surface area contributed by atoms with E-state index in [2.05, 4.69) is 0 Å². The molecule has 0 amide bonds. The summed E-state index contributed by atoms with van der Waals surface area (Å²) in [7, 11) is 0. The molecule has 0 aliphatic heterocycles. The van der Waals surface area contributed by atoms with Gasteiger partial charge in [-0.05, 0) is 26.7 Å². The van der Waals surface area contributed by atoms with E-state index in [9.17, 15) is 9.59 Å². The first-order chi connectivity index (χ1) is 9.20. The van der Waals surface area contributed by atoms with E-state index in [1.165, 1.54) is 0 Å². The van der Waals surface area contributed by atoms with Gasteiger partial charge in [0.15, 0.2) is 0 Å². The van der Waals surface area contributed by atoms with Gasteiger partial charge in [0.1, 0.15) is 12.2 Å². The zero-order valence-electron chi connectivity index (χ0n) is 12.6. The molecule has 4 nitrogen and oxygen atoms in total. The summed E-state index contributed by atoms with van der Waals surface area (Å²) in [6, 6.07) is 0. The number of rotatable bonds is 9. The lowest BCUT2D eigenvalue weighted by atomic mass is 10.1. The highest BCUT2D eigenvalue weighted by Crippen LogP contribution is 2.16. The largest absolute Gasteiger partial charge is 0.461 e. The standard InChI is InChI=1S/C14H24Cl2O4/c1-5-10(15)7-12(17)19-9-14(3,4)20-13(18)8-11(16)6-2/h10-11H,5-9H2,1-4H3. The van der Waals surface area contributed by atoms with E-state index in [0.717, 1.165) is 0 Å². The topological polar surface area (TPSA) is 52.6 Å². The summed E-state index contributed by atoms with van der Waals surface area (Å²) >= 11 is 11.8. The number of halogens is 2. The van der Waals surface area contributed by atoms with E-state index >= 15 is 0 Å². The van der Waals surface area contributed by atoms with Crippen molar-refractivity contribution in [2.45, 2.75) is 69.7 Å². The first-order valence-corrected chi connectivity index (χ1v) is 7.73.